The van der Waals surface area contributed by atoms with Gasteiger partial charge in [-0.05, 0) is 45.6 Å². The first-order valence-corrected chi connectivity index (χ1v) is 8.28. The molecule has 4 nitrogen and oxygen atoms in total. The van der Waals surface area contributed by atoms with Crippen molar-refractivity contribution < 1.29 is 9.90 Å². The molecule has 2 rings (SSSR count). The van der Waals surface area contributed by atoms with E-state index in [1.54, 1.807) is 0 Å². The van der Waals surface area contributed by atoms with Crippen LogP contribution >= 0.6 is 0 Å². The average Bonchev–Trinajstić information content (AvgIpc) is 2.52. The van der Waals surface area contributed by atoms with Gasteiger partial charge in [0.2, 0.25) is 5.91 Å². The van der Waals surface area contributed by atoms with E-state index in [9.17, 15) is 9.90 Å². The van der Waals surface area contributed by atoms with Crippen molar-refractivity contribution >= 4 is 5.91 Å². The molecule has 0 spiro atoms. The van der Waals surface area contributed by atoms with E-state index in [1.165, 1.54) is 6.42 Å². The Balaban J connectivity index is 2.03. The third kappa shape index (κ3) is 3.87. The molecular formula is C18H28N2O2. The number of aliphatic hydroxyl groups is 1. The molecule has 0 aliphatic carbocycles. The number of amides is 1. The first-order chi connectivity index (χ1) is 10.5. The molecule has 1 aromatic carbocycles. The molecule has 1 amide bonds. The largest absolute Gasteiger partial charge is 0.394 e. The number of nitrogens with zero attached hydrogens (tertiary/aromatic N) is 1. The van der Waals surface area contributed by atoms with Crippen molar-refractivity contribution in [1.29, 1.82) is 0 Å². The summed E-state index contributed by atoms with van der Waals surface area (Å²) in [5.74, 6) is 0.133. The van der Waals surface area contributed by atoms with Crippen LogP contribution in [0.3, 0.4) is 0 Å². The molecule has 22 heavy (non-hydrogen) atoms. The molecule has 1 aliphatic rings. The lowest BCUT2D eigenvalue weighted by molar-refractivity contribution is -0.139. The van der Waals surface area contributed by atoms with E-state index >= 15 is 0 Å². The van der Waals surface area contributed by atoms with Crippen LogP contribution in [-0.2, 0) is 4.79 Å². The van der Waals surface area contributed by atoms with Gasteiger partial charge in [0.05, 0.1) is 18.7 Å². The molecule has 1 fully saturated rings. The molecule has 0 radical (unpaired) electrons. The number of piperidine rings is 1. The zero-order valence-corrected chi connectivity index (χ0v) is 13.8. The summed E-state index contributed by atoms with van der Waals surface area (Å²) in [4.78, 5) is 14.8. The Morgan fingerprint density at radius 3 is 2.41 bits per heavy atom. The second kappa shape index (κ2) is 7.75. The number of carbonyl (C=O) groups is 1. The number of nitrogens with one attached hydrogen (secondary N) is 1. The highest BCUT2D eigenvalue weighted by molar-refractivity contribution is 5.82. The first-order valence-electron chi connectivity index (χ1n) is 8.28. The van der Waals surface area contributed by atoms with Crippen LogP contribution in [-0.4, -0.2) is 40.6 Å². The van der Waals surface area contributed by atoms with E-state index in [4.69, 9.17) is 0 Å². The Bertz CT molecular complexity index is 467. The summed E-state index contributed by atoms with van der Waals surface area (Å²) in [6.07, 6.45) is 3.34. The van der Waals surface area contributed by atoms with Crippen LogP contribution in [0.4, 0.5) is 0 Å². The molecule has 1 aliphatic heterocycles. The minimum absolute atomic E-state index is 0.0211. The first kappa shape index (κ1) is 17.0. The molecule has 1 aromatic rings. The molecule has 0 aromatic heterocycles. The van der Waals surface area contributed by atoms with Gasteiger partial charge in [0.1, 0.15) is 0 Å². The summed E-state index contributed by atoms with van der Waals surface area (Å²) in [7, 11) is 0. The van der Waals surface area contributed by atoms with Gasteiger partial charge in [-0.1, -0.05) is 30.3 Å². The van der Waals surface area contributed by atoms with Crippen LogP contribution in [0.5, 0.6) is 0 Å². The Morgan fingerprint density at radius 1 is 1.27 bits per heavy atom. The minimum atomic E-state index is -0.305. The Hall–Kier alpha value is -1.39. The molecular weight excluding hydrogens is 276 g/mol. The standard InChI is InChI=1S/C18H28N2O2/c1-13-8-7-9-14(2)20(13)18(22)15(3)19-17(12-21)16-10-5-4-6-11-16/h4-6,10-11,13-15,17,19,21H,7-9,12H2,1-3H3/t13-,14-,15-,17+/m0/s1. The van der Waals surface area contributed by atoms with Gasteiger partial charge in [-0.2, -0.15) is 0 Å². The molecule has 4 atom stereocenters. The number of likely N-dealkylation sites (tertiary alicyclic amines) is 1. The summed E-state index contributed by atoms with van der Waals surface area (Å²) in [5.41, 5.74) is 1.00. The van der Waals surface area contributed by atoms with Crippen LogP contribution in [0.2, 0.25) is 0 Å². The zero-order chi connectivity index (χ0) is 16.1. The molecule has 2 N–H and O–H groups in total. The summed E-state index contributed by atoms with van der Waals surface area (Å²) in [5, 5.41) is 12.9. The highest BCUT2D eigenvalue weighted by atomic mass is 16.3. The van der Waals surface area contributed by atoms with Crippen molar-refractivity contribution in [2.45, 2.75) is 64.2 Å². The van der Waals surface area contributed by atoms with Crippen molar-refractivity contribution in [3.8, 4) is 0 Å². The van der Waals surface area contributed by atoms with Crippen LogP contribution in [0.25, 0.3) is 0 Å². The maximum atomic E-state index is 12.8. The second-order valence-electron chi connectivity index (χ2n) is 6.41. The fourth-order valence-corrected chi connectivity index (χ4v) is 3.39. The number of hydrogen-bond donors (Lipinski definition) is 2. The van der Waals surface area contributed by atoms with Crippen molar-refractivity contribution in [2.75, 3.05) is 6.61 Å². The van der Waals surface area contributed by atoms with E-state index in [1.807, 2.05) is 42.2 Å². The van der Waals surface area contributed by atoms with E-state index in [0.717, 1.165) is 18.4 Å². The van der Waals surface area contributed by atoms with E-state index < -0.39 is 0 Å². The SMILES string of the molecule is C[C@H](N[C@H](CO)c1ccccc1)C(=O)N1[C@@H](C)CCC[C@@H]1C. The number of carbonyl (C=O) groups excluding carboxylic acids is 1. The second-order valence-corrected chi connectivity index (χ2v) is 6.41. The maximum Gasteiger partial charge on any atom is 0.239 e. The lowest BCUT2D eigenvalue weighted by Crippen LogP contribution is -2.54. The van der Waals surface area contributed by atoms with E-state index in [-0.39, 0.29) is 24.6 Å². The van der Waals surface area contributed by atoms with Crippen LogP contribution in [0, 0.1) is 0 Å². The Kier molecular flexibility index (Phi) is 5.98. The number of rotatable bonds is 5. The molecule has 1 heterocycles. The zero-order valence-electron chi connectivity index (χ0n) is 13.8. The molecule has 0 unspecified atom stereocenters. The average molecular weight is 304 g/mol. The minimum Gasteiger partial charge on any atom is -0.394 e. The number of hydrogen-bond acceptors (Lipinski definition) is 3. The molecule has 122 valence electrons. The smallest absolute Gasteiger partial charge is 0.239 e. The molecule has 1 saturated heterocycles. The monoisotopic (exact) mass is 304 g/mol. The summed E-state index contributed by atoms with van der Waals surface area (Å²) in [6.45, 7) is 6.12. The Morgan fingerprint density at radius 2 is 1.86 bits per heavy atom. The van der Waals surface area contributed by atoms with Gasteiger partial charge in [0.25, 0.3) is 0 Å². The maximum absolute atomic E-state index is 12.8. The van der Waals surface area contributed by atoms with Gasteiger partial charge in [-0.3, -0.25) is 10.1 Å². The lowest BCUT2D eigenvalue weighted by Gasteiger charge is -2.41. The summed E-state index contributed by atoms with van der Waals surface area (Å²) < 4.78 is 0. The van der Waals surface area contributed by atoms with Crippen LogP contribution in [0.1, 0.15) is 51.6 Å². The van der Waals surface area contributed by atoms with Gasteiger partial charge in [-0.15, -0.1) is 0 Å². The quantitative estimate of drug-likeness (QED) is 0.879. The topological polar surface area (TPSA) is 52.6 Å². The molecule has 0 saturated carbocycles. The summed E-state index contributed by atoms with van der Waals surface area (Å²) in [6, 6.07) is 9.85. The fourth-order valence-electron chi connectivity index (χ4n) is 3.39. The predicted octanol–water partition coefficient (Wildman–Crippen LogP) is 2.49. The highest BCUT2D eigenvalue weighted by Gasteiger charge is 2.32. The van der Waals surface area contributed by atoms with E-state index in [2.05, 4.69) is 19.2 Å². The third-order valence-corrected chi connectivity index (χ3v) is 4.65. The van der Waals surface area contributed by atoms with Gasteiger partial charge >= 0.3 is 0 Å². The highest BCUT2D eigenvalue weighted by Crippen LogP contribution is 2.23. The van der Waals surface area contributed by atoms with Crippen molar-refractivity contribution in [3.63, 3.8) is 0 Å². The van der Waals surface area contributed by atoms with E-state index in [0.29, 0.717) is 12.1 Å². The Labute approximate surface area is 133 Å². The van der Waals surface area contributed by atoms with Gasteiger partial charge in [0.15, 0.2) is 0 Å². The van der Waals surface area contributed by atoms with Gasteiger partial charge < -0.3 is 10.0 Å². The fraction of sp³-hybridized carbons (Fsp3) is 0.611. The van der Waals surface area contributed by atoms with Gasteiger partial charge in [0, 0.05) is 12.1 Å². The van der Waals surface area contributed by atoms with Crippen molar-refractivity contribution in [3.05, 3.63) is 35.9 Å². The lowest BCUT2D eigenvalue weighted by atomic mass is 9.96. The molecule has 4 heteroatoms. The molecule has 0 bridgehead atoms. The number of aliphatic hydroxyl groups excluding tert-OH is 1. The third-order valence-electron chi connectivity index (χ3n) is 4.65. The van der Waals surface area contributed by atoms with Gasteiger partial charge in [-0.25, -0.2) is 0 Å². The van der Waals surface area contributed by atoms with Crippen molar-refractivity contribution in [2.24, 2.45) is 0 Å². The number of benzene rings is 1. The predicted molar refractivity (Wildman–Crippen MR) is 88.5 cm³/mol. The van der Waals surface area contributed by atoms with Crippen molar-refractivity contribution in [1.82, 2.24) is 10.2 Å². The van der Waals surface area contributed by atoms with Crippen LogP contribution in [0.15, 0.2) is 30.3 Å². The normalized spacial score (nSPS) is 24.8. The summed E-state index contributed by atoms with van der Waals surface area (Å²) >= 11 is 0. The van der Waals surface area contributed by atoms with Crippen LogP contribution < -0.4 is 5.32 Å².